The Morgan fingerprint density at radius 3 is 3.00 bits per heavy atom. The van der Waals surface area contributed by atoms with Gasteiger partial charge in [-0.3, -0.25) is 0 Å². The van der Waals surface area contributed by atoms with Crippen molar-refractivity contribution in [1.82, 2.24) is 0 Å². The van der Waals surface area contributed by atoms with Gasteiger partial charge in [0, 0.05) is 0 Å². The smallest absolute Gasteiger partial charge is 0.160 e. The molecule has 0 aromatic heterocycles. The first-order valence-electron chi connectivity index (χ1n) is 4.26. The number of aliphatic hydroxyl groups is 1. The lowest BCUT2D eigenvalue weighted by molar-refractivity contribution is -0.195. The minimum absolute atomic E-state index is 0.0208. The quantitative estimate of drug-likeness (QED) is 0.640. The highest BCUT2D eigenvalue weighted by molar-refractivity contribution is 4.87. The van der Waals surface area contributed by atoms with Crippen molar-refractivity contribution in [1.29, 1.82) is 0 Å². The van der Waals surface area contributed by atoms with Crippen LogP contribution in [0, 0.1) is 0 Å². The van der Waals surface area contributed by atoms with E-state index in [2.05, 4.69) is 0 Å². The summed E-state index contributed by atoms with van der Waals surface area (Å²) >= 11 is 0. The fourth-order valence-corrected chi connectivity index (χ4v) is 1.14. The normalized spacial score (nSPS) is 24.8. The molecule has 0 saturated carbocycles. The van der Waals surface area contributed by atoms with Gasteiger partial charge in [-0.1, -0.05) is 0 Å². The average Bonchev–Trinajstić information content (AvgIpc) is 2.12. The van der Waals surface area contributed by atoms with Gasteiger partial charge in [-0.15, -0.1) is 0 Å². The molecule has 1 aliphatic heterocycles. The van der Waals surface area contributed by atoms with Gasteiger partial charge in [-0.25, -0.2) is 0 Å². The van der Waals surface area contributed by atoms with Gasteiger partial charge in [0.25, 0.3) is 0 Å². The van der Waals surface area contributed by atoms with Gasteiger partial charge in [0.2, 0.25) is 0 Å². The second kappa shape index (κ2) is 3.92. The van der Waals surface area contributed by atoms with Crippen LogP contribution < -0.4 is 0 Å². The highest BCUT2D eigenvalue weighted by Gasteiger charge is 2.19. The maximum atomic E-state index is 9.36. The van der Waals surface area contributed by atoms with E-state index in [9.17, 15) is 5.11 Å². The van der Waals surface area contributed by atoms with Gasteiger partial charge in [-0.2, -0.15) is 0 Å². The molecule has 12 heavy (non-hydrogen) atoms. The maximum absolute atomic E-state index is 9.36. The summed E-state index contributed by atoms with van der Waals surface area (Å²) in [4.78, 5) is 0. The fraction of sp³-hybridized carbons (Fsp3) is 0.778. The van der Waals surface area contributed by atoms with Crippen LogP contribution in [0.4, 0.5) is 0 Å². The van der Waals surface area contributed by atoms with E-state index in [-0.39, 0.29) is 6.10 Å². The standard InChI is InChI=1S/C9H16O3/c1-9(2,10)12-8-4-3-6-11-7-5-8/h5,7-8,10H,3-4,6H2,1-2H3/t8-/m0/s1. The largest absolute Gasteiger partial charge is 0.501 e. The third-order valence-corrected chi connectivity index (χ3v) is 1.58. The Morgan fingerprint density at radius 1 is 1.58 bits per heavy atom. The van der Waals surface area contributed by atoms with Gasteiger partial charge in [-0.05, 0) is 32.8 Å². The van der Waals surface area contributed by atoms with Crippen LogP contribution in [-0.4, -0.2) is 23.6 Å². The maximum Gasteiger partial charge on any atom is 0.160 e. The lowest BCUT2D eigenvalue weighted by Crippen LogP contribution is -2.29. The molecule has 1 rings (SSSR count). The molecule has 0 aromatic carbocycles. The number of hydrogen-bond acceptors (Lipinski definition) is 3. The first-order valence-corrected chi connectivity index (χ1v) is 4.26. The molecule has 1 atom stereocenters. The first-order chi connectivity index (χ1) is 5.58. The Labute approximate surface area is 73.0 Å². The third kappa shape index (κ3) is 3.74. The van der Waals surface area contributed by atoms with Crippen molar-refractivity contribution in [2.24, 2.45) is 0 Å². The third-order valence-electron chi connectivity index (χ3n) is 1.58. The molecule has 70 valence electrons. The van der Waals surface area contributed by atoms with E-state index in [4.69, 9.17) is 9.47 Å². The molecule has 1 aliphatic rings. The fourth-order valence-electron chi connectivity index (χ4n) is 1.14. The van der Waals surface area contributed by atoms with Crippen LogP contribution in [0.1, 0.15) is 26.7 Å². The number of rotatable bonds is 2. The summed E-state index contributed by atoms with van der Waals surface area (Å²) in [7, 11) is 0. The molecule has 1 N–H and O–H groups in total. The zero-order valence-corrected chi connectivity index (χ0v) is 7.62. The predicted molar refractivity (Wildman–Crippen MR) is 45.5 cm³/mol. The Balaban J connectivity index is 2.39. The van der Waals surface area contributed by atoms with Crippen LogP contribution >= 0.6 is 0 Å². The molecule has 0 spiro atoms. The molecule has 0 aliphatic carbocycles. The van der Waals surface area contributed by atoms with Crippen molar-refractivity contribution in [3.05, 3.63) is 12.3 Å². The summed E-state index contributed by atoms with van der Waals surface area (Å²) in [5, 5.41) is 9.36. The van der Waals surface area contributed by atoms with E-state index < -0.39 is 5.79 Å². The van der Waals surface area contributed by atoms with Gasteiger partial charge < -0.3 is 14.6 Å². The minimum atomic E-state index is -1.06. The Morgan fingerprint density at radius 2 is 2.33 bits per heavy atom. The number of ether oxygens (including phenoxy) is 2. The topological polar surface area (TPSA) is 38.7 Å². The first kappa shape index (κ1) is 9.55. The Hall–Kier alpha value is -0.540. The molecular weight excluding hydrogens is 156 g/mol. The summed E-state index contributed by atoms with van der Waals surface area (Å²) in [6, 6.07) is 0. The van der Waals surface area contributed by atoms with Crippen LogP contribution in [0.3, 0.4) is 0 Å². The van der Waals surface area contributed by atoms with Crippen LogP contribution in [-0.2, 0) is 9.47 Å². The molecule has 0 aromatic rings. The molecule has 1 heterocycles. The molecule has 3 nitrogen and oxygen atoms in total. The van der Waals surface area contributed by atoms with Gasteiger partial charge in [0.05, 0.1) is 19.0 Å². The van der Waals surface area contributed by atoms with E-state index in [1.165, 1.54) is 0 Å². The van der Waals surface area contributed by atoms with Gasteiger partial charge >= 0.3 is 0 Å². The van der Waals surface area contributed by atoms with Crippen LogP contribution in [0.15, 0.2) is 12.3 Å². The second-order valence-corrected chi connectivity index (χ2v) is 3.44. The zero-order valence-electron chi connectivity index (χ0n) is 7.62. The van der Waals surface area contributed by atoms with E-state index in [0.29, 0.717) is 0 Å². The van der Waals surface area contributed by atoms with Crippen LogP contribution in [0.2, 0.25) is 0 Å². The van der Waals surface area contributed by atoms with E-state index in [1.54, 1.807) is 20.1 Å². The van der Waals surface area contributed by atoms with Crippen molar-refractivity contribution in [2.45, 2.75) is 38.6 Å². The molecule has 3 heteroatoms. The average molecular weight is 172 g/mol. The second-order valence-electron chi connectivity index (χ2n) is 3.44. The predicted octanol–water partition coefficient (Wildman–Crippen LogP) is 1.42. The summed E-state index contributed by atoms with van der Waals surface area (Å²) in [5.74, 6) is -1.06. The summed E-state index contributed by atoms with van der Waals surface area (Å²) in [5.41, 5.74) is 0. The highest BCUT2D eigenvalue weighted by Crippen LogP contribution is 2.15. The molecular formula is C9H16O3. The molecule has 0 fully saturated rings. The Kier molecular flexibility index (Phi) is 3.12. The minimum Gasteiger partial charge on any atom is -0.501 e. The van der Waals surface area contributed by atoms with Crippen molar-refractivity contribution in [2.75, 3.05) is 6.61 Å². The lowest BCUT2D eigenvalue weighted by atomic mass is 10.2. The molecule has 0 unspecified atom stereocenters. The highest BCUT2D eigenvalue weighted by atomic mass is 16.6. The number of hydrogen-bond donors (Lipinski definition) is 1. The van der Waals surface area contributed by atoms with E-state index in [1.807, 2.05) is 6.08 Å². The van der Waals surface area contributed by atoms with E-state index >= 15 is 0 Å². The zero-order chi connectivity index (χ0) is 9.03. The van der Waals surface area contributed by atoms with Crippen molar-refractivity contribution in [3.8, 4) is 0 Å². The van der Waals surface area contributed by atoms with Crippen LogP contribution in [0.25, 0.3) is 0 Å². The van der Waals surface area contributed by atoms with Crippen molar-refractivity contribution < 1.29 is 14.6 Å². The SMILES string of the molecule is CC(C)(O)O[C@@H]1C=COCCC1. The lowest BCUT2D eigenvalue weighted by Gasteiger charge is -2.23. The Bertz CT molecular complexity index is 158. The van der Waals surface area contributed by atoms with Gasteiger partial charge in [0.15, 0.2) is 5.79 Å². The van der Waals surface area contributed by atoms with Crippen molar-refractivity contribution in [3.63, 3.8) is 0 Å². The molecule has 0 bridgehead atoms. The van der Waals surface area contributed by atoms with Crippen molar-refractivity contribution >= 4 is 0 Å². The molecule has 0 radical (unpaired) electrons. The van der Waals surface area contributed by atoms with Crippen LogP contribution in [0.5, 0.6) is 0 Å². The molecule has 0 amide bonds. The van der Waals surface area contributed by atoms with Gasteiger partial charge in [0.1, 0.15) is 0 Å². The summed E-state index contributed by atoms with van der Waals surface area (Å²) in [6.45, 7) is 4.00. The summed E-state index contributed by atoms with van der Waals surface area (Å²) < 4.78 is 10.4. The monoisotopic (exact) mass is 172 g/mol. The van der Waals surface area contributed by atoms with E-state index in [0.717, 1.165) is 19.4 Å². The summed E-state index contributed by atoms with van der Waals surface area (Å²) in [6.07, 6.45) is 5.33. The molecule has 0 saturated heterocycles.